The van der Waals surface area contributed by atoms with Crippen LogP contribution in [0.2, 0.25) is 5.02 Å². The van der Waals surface area contributed by atoms with E-state index in [-0.39, 0.29) is 29.0 Å². The Morgan fingerprint density at radius 2 is 1.91 bits per heavy atom. The second-order valence-electron chi connectivity index (χ2n) is 7.99. The van der Waals surface area contributed by atoms with Gasteiger partial charge >= 0.3 is 0 Å². The van der Waals surface area contributed by atoms with Gasteiger partial charge in [-0.1, -0.05) is 17.7 Å². The van der Waals surface area contributed by atoms with E-state index in [9.17, 15) is 15.0 Å². The first kappa shape index (κ1) is 20.3. The maximum Gasteiger partial charge on any atom is 0.262 e. The van der Waals surface area contributed by atoms with E-state index >= 15 is 0 Å². The average molecular weight is 446 g/mol. The molecule has 0 aliphatic carbocycles. The number of nitrogens with zero attached hydrogens (tertiary/aromatic N) is 3. The Balaban J connectivity index is 1.59. The van der Waals surface area contributed by atoms with Crippen LogP contribution in [-0.2, 0) is 6.42 Å². The third-order valence-corrected chi connectivity index (χ3v) is 6.15. The van der Waals surface area contributed by atoms with Gasteiger partial charge in [-0.3, -0.25) is 4.79 Å². The Morgan fingerprint density at radius 3 is 2.72 bits per heavy atom. The number of anilines is 1. The van der Waals surface area contributed by atoms with Crippen molar-refractivity contribution in [1.82, 2.24) is 9.97 Å². The average Bonchev–Trinajstić information content (AvgIpc) is 2.78. The van der Waals surface area contributed by atoms with Gasteiger partial charge in [0.2, 0.25) is 0 Å². The van der Waals surface area contributed by atoms with E-state index in [0.29, 0.717) is 5.02 Å². The molecule has 0 fully saturated rings. The molecule has 160 valence electrons. The zero-order valence-corrected chi connectivity index (χ0v) is 18.0. The Morgan fingerprint density at radius 1 is 1.06 bits per heavy atom. The molecule has 1 atom stereocenters. The van der Waals surface area contributed by atoms with Crippen LogP contribution in [-0.4, -0.2) is 32.1 Å². The number of rotatable bonds is 2. The minimum absolute atomic E-state index is 0.0345. The molecule has 0 radical (unpaired) electrons. The summed E-state index contributed by atoms with van der Waals surface area (Å²) < 4.78 is 0. The van der Waals surface area contributed by atoms with Crippen molar-refractivity contribution in [2.24, 2.45) is 0 Å². The molecule has 32 heavy (non-hydrogen) atoms. The first-order valence-electron chi connectivity index (χ1n) is 10.3. The van der Waals surface area contributed by atoms with Crippen molar-refractivity contribution in [3.63, 3.8) is 0 Å². The molecule has 0 saturated heterocycles. The maximum absolute atomic E-state index is 13.3. The van der Waals surface area contributed by atoms with E-state index in [1.165, 1.54) is 24.5 Å². The van der Waals surface area contributed by atoms with Crippen LogP contribution in [0.1, 0.15) is 29.3 Å². The molecular weight excluding hydrogens is 426 g/mol. The van der Waals surface area contributed by atoms with Crippen LogP contribution in [0.15, 0.2) is 60.9 Å². The zero-order valence-electron chi connectivity index (χ0n) is 17.3. The van der Waals surface area contributed by atoms with Crippen molar-refractivity contribution in [2.75, 3.05) is 4.90 Å². The highest BCUT2D eigenvalue weighted by Crippen LogP contribution is 2.37. The summed E-state index contributed by atoms with van der Waals surface area (Å²) >= 11 is 6.21. The first-order valence-corrected chi connectivity index (χ1v) is 10.7. The highest BCUT2D eigenvalue weighted by Gasteiger charge is 2.30. The molecule has 3 aromatic carbocycles. The van der Waals surface area contributed by atoms with Crippen molar-refractivity contribution in [1.29, 1.82) is 0 Å². The second kappa shape index (κ2) is 7.80. The second-order valence-corrected chi connectivity index (χ2v) is 8.43. The number of aromatic nitrogens is 2. The molecule has 6 nitrogen and oxygen atoms in total. The third kappa shape index (κ3) is 3.42. The normalized spacial score (nSPS) is 15.6. The first-order chi connectivity index (χ1) is 15.4. The number of hydrogen-bond acceptors (Lipinski definition) is 5. The van der Waals surface area contributed by atoms with Crippen molar-refractivity contribution in [3.05, 3.63) is 77.1 Å². The number of fused-ring (bicyclic) bond motifs is 2. The molecular formula is C25H20ClN3O3. The quantitative estimate of drug-likeness (QED) is 0.434. The van der Waals surface area contributed by atoms with Gasteiger partial charge in [0, 0.05) is 33.8 Å². The molecule has 2 N–H and O–H groups in total. The van der Waals surface area contributed by atoms with Crippen LogP contribution in [0.4, 0.5) is 5.69 Å². The summed E-state index contributed by atoms with van der Waals surface area (Å²) in [6.45, 7) is 1.99. The van der Waals surface area contributed by atoms with Gasteiger partial charge in [0.15, 0.2) is 0 Å². The number of carbonyl (C=O) groups is 1. The lowest BCUT2D eigenvalue weighted by Crippen LogP contribution is -2.42. The number of aryl methyl sites for hydroxylation is 1. The number of hydrogen-bond donors (Lipinski definition) is 2. The monoisotopic (exact) mass is 445 g/mol. The summed E-state index contributed by atoms with van der Waals surface area (Å²) in [5.74, 6) is -0.633. The van der Waals surface area contributed by atoms with E-state index in [1.807, 2.05) is 31.2 Å². The lowest BCUT2D eigenvalue weighted by molar-refractivity contribution is 0.0972. The molecule has 1 aliphatic rings. The summed E-state index contributed by atoms with van der Waals surface area (Å²) in [6, 6.07) is 15.4. The molecule has 5 rings (SSSR count). The number of benzene rings is 3. The fraction of sp³-hybridized carbons (Fsp3) is 0.160. The van der Waals surface area contributed by atoms with Crippen LogP contribution >= 0.6 is 11.6 Å². The summed E-state index contributed by atoms with van der Waals surface area (Å²) in [7, 11) is 0. The predicted molar refractivity (Wildman–Crippen MR) is 124 cm³/mol. The molecule has 1 aromatic heterocycles. The smallest absolute Gasteiger partial charge is 0.262 e. The Labute approximate surface area is 189 Å². The van der Waals surface area contributed by atoms with Crippen LogP contribution in [0.25, 0.3) is 22.2 Å². The molecule has 4 aromatic rings. The van der Waals surface area contributed by atoms with Gasteiger partial charge in [0.05, 0.1) is 16.8 Å². The number of phenolic OH excluding ortho intramolecular Hbond substituents is 2. The van der Waals surface area contributed by atoms with Crippen LogP contribution in [0, 0.1) is 0 Å². The summed E-state index contributed by atoms with van der Waals surface area (Å²) in [5, 5.41) is 21.3. The van der Waals surface area contributed by atoms with Crippen molar-refractivity contribution < 1.29 is 15.0 Å². The fourth-order valence-corrected chi connectivity index (χ4v) is 4.47. The van der Waals surface area contributed by atoms with Crippen LogP contribution < -0.4 is 4.90 Å². The van der Waals surface area contributed by atoms with Crippen LogP contribution in [0.5, 0.6) is 11.5 Å². The van der Waals surface area contributed by atoms with Gasteiger partial charge in [-0.2, -0.15) is 0 Å². The molecule has 0 bridgehead atoms. The summed E-state index contributed by atoms with van der Waals surface area (Å²) in [5.41, 5.74) is 4.51. The van der Waals surface area contributed by atoms with Gasteiger partial charge in [0.1, 0.15) is 17.8 Å². The highest BCUT2D eigenvalue weighted by atomic mass is 35.5. The van der Waals surface area contributed by atoms with Gasteiger partial charge in [-0.25, -0.2) is 9.97 Å². The molecule has 0 saturated carbocycles. The largest absolute Gasteiger partial charge is 0.508 e. The Bertz CT molecular complexity index is 1370. The maximum atomic E-state index is 13.3. The van der Waals surface area contributed by atoms with Crippen molar-refractivity contribution in [3.8, 4) is 22.8 Å². The van der Waals surface area contributed by atoms with E-state index in [1.54, 1.807) is 11.0 Å². The molecule has 1 aliphatic heterocycles. The van der Waals surface area contributed by atoms with E-state index < -0.39 is 0 Å². The lowest BCUT2D eigenvalue weighted by atomic mass is 9.93. The predicted octanol–water partition coefficient (Wildman–Crippen LogP) is 5.34. The molecule has 7 heteroatoms. The Hall–Kier alpha value is -3.64. The third-order valence-electron chi connectivity index (χ3n) is 5.91. The number of halogens is 1. The number of carbonyl (C=O) groups excluding carboxylic acids is 1. The van der Waals surface area contributed by atoms with Crippen molar-refractivity contribution in [2.45, 2.75) is 25.8 Å². The summed E-state index contributed by atoms with van der Waals surface area (Å²) in [6.07, 6.45) is 3.15. The number of phenols is 2. The number of aromatic hydroxyl groups is 2. The SMILES string of the molecule is CC1CCc2cc(-c3ncnc4ccc(Cl)cc34)ccc2N1C(=O)c1ccc(O)cc1O. The molecule has 0 spiro atoms. The van der Waals surface area contributed by atoms with Crippen LogP contribution in [0.3, 0.4) is 0 Å². The highest BCUT2D eigenvalue weighted by molar-refractivity contribution is 6.31. The summed E-state index contributed by atoms with van der Waals surface area (Å²) in [4.78, 5) is 23.9. The van der Waals surface area contributed by atoms with E-state index in [0.717, 1.165) is 46.3 Å². The van der Waals surface area contributed by atoms with Crippen molar-refractivity contribution >= 4 is 34.1 Å². The van der Waals surface area contributed by atoms with Gasteiger partial charge in [0.25, 0.3) is 5.91 Å². The standard InChI is InChI=1S/C25H20ClN3O3/c1-14-2-3-15-10-16(24-20-11-17(26)5-8-21(20)27-13-28-24)4-9-22(15)29(14)25(32)19-7-6-18(30)12-23(19)31/h4-14,30-31H,2-3H2,1H3. The fourth-order valence-electron chi connectivity index (χ4n) is 4.30. The van der Waals surface area contributed by atoms with E-state index in [4.69, 9.17) is 11.6 Å². The van der Waals surface area contributed by atoms with Gasteiger partial charge in [-0.05, 0) is 67.8 Å². The lowest BCUT2D eigenvalue weighted by Gasteiger charge is -2.35. The minimum atomic E-state index is -0.303. The topological polar surface area (TPSA) is 86.6 Å². The van der Waals surface area contributed by atoms with E-state index in [2.05, 4.69) is 16.0 Å². The van der Waals surface area contributed by atoms with Gasteiger partial charge in [-0.15, -0.1) is 0 Å². The number of amides is 1. The Kier molecular flexibility index (Phi) is 4.94. The molecule has 1 amide bonds. The molecule has 2 heterocycles. The molecule has 1 unspecified atom stereocenters. The zero-order chi connectivity index (χ0) is 22.4. The minimum Gasteiger partial charge on any atom is -0.508 e. The van der Waals surface area contributed by atoms with Gasteiger partial charge < -0.3 is 15.1 Å².